The number of methoxy groups -OCH3 is 1. The van der Waals surface area contributed by atoms with Crippen LogP contribution in [0.25, 0.3) is 10.9 Å². The molecule has 2 heterocycles. The fourth-order valence-corrected chi connectivity index (χ4v) is 3.48. The summed E-state index contributed by atoms with van der Waals surface area (Å²) in [5.41, 5.74) is 2.92. The summed E-state index contributed by atoms with van der Waals surface area (Å²) in [5.74, 6) is -0.850. The van der Waals surface area contributed by atoms with E-state index in [-0.39, 0.29) is 11.4 Å². The number of hydrogen-bond acceptors (Lipinski definition) is 4. The van der Waals surface area contributed by atoms with E-state index in [1.807, 2.05) is 38.1 Å². The molecule has 0 unspecified atom stereocenters. The first-order valence-electron chi connectivity index (χ1n) is 10.3. The highest BCUT2D eigenvalue weighted by atomic mass is 19.1. The Bertz CT molecular complexity index is 1230. The van der Waals surface area contributed by atoms with E-state index < -0.39 is 11.8 Å². The van der Waals surface area contributed by atoms with Crippen molar-refractivity contribution >= 4 is 28.2 Å². The molecule has 0 aliphatic carbocycles. The zero-order chi connectivity index (χ0) is 23.3. The van der Waals surface area contributed by atoms with Crippen molar-refractivity contribution in [3.8, 4) is 5.75 Å². The highest BCUT2D eigenvalue weighted by molar-refractivity contribution is 6.07. The third kappa shape index (κ3) is 4.56. The number of carboxylic acid groups (broad SMARTS) is 1. The number of pyridine rings is 1. The molecule has 0 amide bonds. The van der Waals surface area contributed by atoms with Gasteiger partial charge in [-0.1, -0.05) is 32.0 Å². The van der Waals surface area contributed by atoms with Crippen LogP contribution in [0.5, 0.6) is 5.75 Å². The van der Waals surface area contributed by atoms with E-state index in [0.717, 1.165) is 16.9 Å². The molecule has 0 saturated carbocycles. The number of nitrogens with one attached hydrogen (secondary N) is 1. The van der Waals surface area contributed by atoms with E-state index in [1.165, 1.54) is 6.07 Å². The van der Waals surface area contributed by atoms with Crippen LogP contribution in [0.3, 0.4) is 0 Å². The Morgan fingerprint density at radius 2 is 1.88 bits per heavy atom. The van der Waals surface area contributed by atoms with Gasteiger partial charge in [-0.3, -0.25) is 4.98 Å². The van der Waals surface area contributed by atoms with Crippen molar-refractivity contribution in [1.82, 2.24) is 9.55 Å². The monoisotopic (exact) mass is 435 g/mol. The molecule has 2 aromatic carbocycles. The molecule has 2 aromatic heterocycles. The molecule has 0 aliphatic heterocycles. The highest BCUT2D eigenvalue weighted by Crippen LogP contribution is 2.34. The number of aryl methyl sites for hydroxylation is 1. The van der Waals surface area contributed by atoms with Gasteiger partial charge in [-0.05, 0) is 48.4 Å². The van der Waals surface area contributed by atoms with E-state index in [0.29, 0.717) is 23.1 Å². The van der Waals surface area contributed by atoms with E-state index in [9.17, 15) is 14.3 Å². The third-order valence-electron chi connectivity index (χ3n) is 4.95. The summed E-state index contributed by atoms with van der Waals surface area (Å²) in [6.07, 6.45) is 3.19. The van der Waals surface area contributed by atoms with Gasteiger partial charge in [0.25, 0.3) is 0 Å². The Balaban J connectivity index is 0.00000141. The van der Waals surface area contributed by atoms with Gasteiger partial charge in [-0.15, -0.1) is 0 Å². The fraction of sp³-hybridized carbons (Fsp3) is 0.200. The number of aromatic nitrogens is 2. The average Bonchev–Trinajstić information content (AvgIpc) is 3.11. The van der Waals surface area contributed by atoms with Crippen molar-refractivity contribution < 1.29 is 19.0 Å². The minimum atomic E-state index is -1.12. The first-order valence-corrected chi connectivity index (χ1v) is 10.3. The number of carboxylic acids is 1. The lowest BCUT2D eigenvalue weighted by atomic mass is 10.2. The van der Waals surface area contributed by atoms with E-state index >= 15 is 0 Å². The van der Waals surface area contributed by atoms with Gasteiger partial charge >= 0.3 is 5.97 Å². The van der Waals surface area contributed by atoms with Gasteiger partial charge in [0.2, 0.25) is 0 Å². The van der Waals surface area contributed by atoms with Crippen molar-refractivity contribution in [3.05, 3.63) is 83.6 Å². The van der Waals surface area contributed by atoms with Crippen LogP contribution in [0.1, 0.15) is 35.5 Å². The minimum absolute atomic E-state index is 0.0359. The molecule has 6 nitrogen and oxygen atoms in total. The normalized spacial score (nSPS) is 10.4. The summed E-state index contributed by atoms with van der Waals surface area (Å²) < 4.78 is 21.3. The standard InChI is InChI=1S/C23H20FN3O3.C2H6/c1-14-3-8-19(18(24)11-14)26-21-17-12-25-10-9-20(17)27(22(21)23(28)29)13-15-4-6-16(30-2)7-5-15;1-2/h3-12,26H,13H2,1-2H3,(H,28,29);1-2H3. The number of rotatable bonds is 6. The first kappa shape index (κ1) is 22.8. The summed E-state index contributed by atoms with van der Waals surface area (Å²) in [6.45, 7) is 6.12. The van der Waals surface area contributed by atoms with Crippen molar-refractivity contribution in [3.63, 3.8) is 0 Å². The SMILES string of the molecule is CC.COc1ccc(Cn2c(C(=O)O)c(Nc3ccc(C)cc3F)c3cnccc32)cc1. The van der Waals surface area contributed by atoms with Crippen LogP contribution in [0, 0.1) is 12.7 Å². The number of nitrogens with zero attached hydrogens (tertiary/aromatic N) is 2. The Morgan fingerprint density at radius 3 is 2.50 bits per heavy atom. The second-order valence-corrected chi connectivity index (χ2v) is 6.96. The lowest BCUT2D eigenvalue weighted by molar-refractivity contribution is 0.0687. The van der Waals surface area contributed by atoms with Crippen molar-refractivity contribution in [2.24, 2.45) is 0 Å². The minimum Gasteiger partial charge on any atom is -0.497 e. The summed E-state index contributed by atoms with van der Waals surface area (Å²) in [4.78, 5) is 16.4. The summed E-state index contributed by atoms with van der Waals surface area (Å²) in [7, 11) is 1.59. The van der Waals surface area contributed by atoms with Crippen molar-refractivity contribution in [1.29, 1.82) is 0 Å². The molecule has 2 N–H and O–H groups in total. The van der Waals surface area contributed by atoms with Crippen LogP contribution in [-0.2, 0) is 6.54 Å². The van der Waals surface area contributed by atoms with Gasteiger partial charge < -0.3 is 19.7 Å². The molecule has 0 atom stereocenters. The molecule has 0 fully saturated rings. The molecule has 0 bridgehead atoms. The number of benzene rings is 2. The van der Waals surface area contributed by atoms with Crippen LogP contribution in [-0.4, -0.2) is 27.7 Å². The largest absolute Gasteiger partial charge is 0.497 e. The zero-order valence-corrected chi connectivity index (χ0v) is 18.5. The predicted molar refractivity (Wildman–Crippen MR) is 125 cm³/mol. The number of aromatic carboxylic acids is 1. The number of halogens is 1. The Labute approximate surface area is 186 Å². The average molecular weight is 435 g/mol. The molecule has 0 radical (unpaired) electrons. The van der Waals surface area contributed by atoms with E-state index in [4.69, 9.17) is 4.74 Å². The van der Waals surface area contributed by atoms with Gasteiger partial charge in [0.15, 0.2) is 5.69 Å². The fourth-order valence-electron chi connectivity index (χ4n) is 3.48. The Kier molecular flexibility index (Phi) is 7.10. The number of anilines is 2. The van der Waals surface area contributed by atoms with Crippen LogP contribution >= 0.6 is 0 Å². The van der Waals surface area contributed by atoms with Crippen LogP contribution in [0.4, 0.5) is 15.8 Å². The van der Waals surface area contributed by atoms with Crippen molar-refractivity contribution in [2.75, 3.05) is 12.4 Å². The Morgan fingerprint density at radius 1 is 1.16 bits per heavy atom. The molecular weight excluding hydrogens is 409 g/mol. The molecule has 7 heteroatoms. The first-order chi connectivity index (χ1) is 15.5. The van der Waals surface area contributed by atoms with Gasteiger partial charge in [-0.25, -0.2) is 9.18 Å². The number of ether oxygens (including phenoxy) is 1. The predicted octanol–water partition coefficient (Wildman–Crippen LogP) is 6.01. The van der Waals surface area contributed by atoms with Crippen LogP contribution in [0.15, 0.2) is 60.9 Å². The number of hydrogen-bond donors (Lipinski definition) is 2. The highest BCUT2D eigenvalue weighted by Gasteiger charge is 2.23. The summed E-state index contributed by atoms with van der Waals surface area (Å²) in [5, 5.41) is 13.6. The maximum atomic E-state index is 14.4. The molecule has 4 rings (SSSR count). The quantitative estimate of drug-likeness (QED) is 0.388. The Hall–Kier alpha value is -3.87. The molecular formula is C25H26FN3O3. The smallest absolute Gasteiger partial charge is 0.354 e. The second kappa shape index (κ2) is 9.96. The zero-order valence-electron chi connectivity index (χ0n) is 18.5. The molecule has 0 aliphatic rings. The molecule has 0 saturated heterocycles. The van der Waals surface area contributed by atoms with Crippen molar-refractivity contribution in [2.45, 2.75) is 27.3 Å². The maximum Gasteiger partial charge on any atom is 0.354 e. The molecule has 4 aromatic rings. The summed E-state index contributed by atoms with van der Waals surface area (Å²) >= 11 is 0. The van der Waals surface area contributed by atoms with Gasteiger partial charge in [-0.2, -0.15) is 0 Å². The second-order valence-electron chi connectivity index (χ2n) is 6.96. The van der Waals surface area contributed by atoms with Gasteiger partial charge in [0.05, 0.1) is 24.0 Å². The molecule has 166 valence electrons. The third-order valence-corrected chi connectivity index (χ3v) is 4.95. The number of fused-ring (bicyclic) bond motifs is 1. The van der Waals surface area contributed by atoms with Crippen LogP contribution in [0.2, 0.25) is 0 Å². The lowest BCUT2D eigenvalue weighted by Gasteiger charge is -2.11. The van der Waals surface area contributed by atoms with E-state index in [1.54, 1.807) is 49.2 Å². The maximum absolute atomic E-state index is 14.4. The molecule has 32 heavy (non-hydrogen) atoms. The lowest BCUT2D eigenvalue weighted by Crippen LogP contribution is -2.11. The van der Waals surface area contributed by atoms with Crippen LogP contribution < -0.4 is 10.1 Å². The van der Waals surface area contributed by atoms with Gasteiger partial charge in [0.1, 0.15) is 11.6 Å². The molecule has 0 spiro atoms. The van der Waals surface area contributed by atoms with Gasteiger partial charge in [0, 0.05) is 24.3 Å². The summed E-state index contributed by atoms with van der Waals surface area (Å²) in [6, 6.07) is 13.9. The topological polar surface area (TPSA) is 76.4 Å². The number of carbonyl (C=O) groups is 1. The van der Waals surface area contributed by atoms with E-state index in [2.05, 4.69) is 10.3 Å².